The lowest BCUT2D eigenvalue weighted by atomic mass is 10.4. The fraction of sp³-hybridized carbons (Fsp3) is 0.800. The number of amides is 1. The van der Waals surface area contributed by atoms with Crippen molar-refractivity contribution in [3.05, 3.63) is 0 Å². The van der Waals surface area contributed by atoms with Crippen LogP contribution in [0, 0.1) is 5.92 Å². The van der Waals surface area contributed by atoms with Crippen LogP contribution in [0.2, 0.25) is 0 Å². The van der Waals surface area contributed by atoms with Gasteiger partial charge in [-0.2, -0.15) is 0 Å². The first-order chi connectivity index (χ1) is 7.25. The first-order valence-corrected chi connectivity index (χ1v) is 5.98. The van der Waals surface area contributed by atoms with Crippen LogP contribution in [0.1, 0.15) is 25.7 Å². The topological polar surface area (TPSA) is 53.2 Å². The van der Waals surface area contributed by atoms with Crippen molar-refractivity contribution in [3.8, 4) is 0 Å². The Bertz CT molecular complexity index is 261. The monoisotopic (exact) mass is 227 g/mol. The highest BCUT2D eigenvalue weighted by Gasteiger charge is 2.29. The molecule has 0 atom stereocenters. The highest BCUT2D eigenvalue weighted by atomic mass is 32.1. The summed E-state index contributed by atoms with van der Waals surface area (Å²) in [7, 11) is 0. The highest BCUT2D eigenvalue weighted by molar-refractivity contribution is 7.80. The summed E-state index contributed by atoms with van der Waals surface area (Å²) in [5.74, 6) is 0.486. The predicted molar refractivity (Wildman–Crippen MR) is 62.5 cm³/mol. The summed E-state index contributed by atoms with van der Waals surface area (Å²) in [6, 6.07) is 0.589. The highest BCUT2D eigenvalue weighted by Crippen LogP contribution is 2.28. The molecule has 1 amide bonds. The second-order valence-corrected chi connectivity index (χ2v) is 4.65. The molecule has 0 aromatic rings. The maximum Gasteiger partial charge on any atom is 0.223 e. The van der Waals surface area contributed by atoms with Crippen molar-refractivity contribution in [1.29, 1.82) is 0 Å². The van der Waals surface area contributed by atoms with Gasteiger partial charge < -0.3 is 16.0 Å². The molecule has 0 aliphatic heterocycles. The van der Waals surface area contributed by atoms with Gasteiger partial charge in [0, 0.05) is 25.0 Å². The summed E-state index contributed by atoms with van der Waals surface area (Å²) in [6.45, 7) is 1.36. The van der Waals surface area contributed by atoms with Gasteiger partial charge in [-0.3, -0.25) is 4.79 Å². The van der Waals surface area contributed by atoms with E-state index in [0.29, 0.717) is 30.2 Å². The zero-order valence-electron chi connectivity index (χ0n) is 8.71. The van der Waals surface area contributed by atoms with Crippen LogP contribution in [0.25, 0.3) is 0 Å². The molecular weight excluding hydrogens is 210 g/mol. The predicted octanol–water partition coefficient (Wildman–Crippen LogP) is 0.139. The SMILES string of the molecule is O=C(NCCNC(=S)NC1CC1)C1CC1. The molecule has 2 aliphatic rings. The van der Waals surface area contributed by atoms with E-state index in [9.17, 15) is 4.79 Å². The minimum absolute atomic E-state index is 0.192. The second-order valence-electron chi connectivity index (χ2n) is 4.24. The molecule has 0 aromatic carbocycles. The molecule has 2 aliphatic carbocycles. The Kier molecular flexibility index (Phi) is 3.41. The van der Waals surface area contributed by atoms with Gasteiger partial charge in [-0.15, -0.1) is 0 Å². The molecule has 2 saturated carbocycles. The minimum Gasteiger partial charge on any atom is -0.361 e. The number of thiocarbonyl (C=S) groups is 1. The largest absolute Gasteiger partial charge is 0.361 e. The molecule has 2 fully saturated rings. The van der Waals surface area contributed by atoms with Crippen LogP contribution < -0.4 is 16.0 Å². The van der Waals surface area contributed by atoms with Crippen LogP contribution in [-0.2, 0) is 4.79 Å². The van der Waals surface area contributed by atoms with Crippen molar-refractivity contribution in [3.63, 3.8) is 0 Å². The molecule has 3 N–H and O–H groups in total. The summed E-state index contributed by atoms with van der Waals surface area (Å²) in [5, 5.41) is 9.85. The van der Waals surface area contributed by atoms with Crippen molar-refractivity contribution in [2.75, 3.05) is 13.1 Å². The molecule has 0 saturated heterocycles. The lowest BCUT2D eigenvalue weighted by molar-refractivity contribution is -0.122. The fourth-order valence-corrected chi connectivity index (χ4v) is 1.58. The van der Waals surface area contributed by atoms with E-state index < -0.39 is 0 Å². The first kappa shape index (κ1) is 10.7. The van der Waals surface area contributed by atoms with E-state index >= 15 is 0 Å². The molecule has 5 heteroatoms. The summed E-state index contributed by atoms with van der Waals surface area (Å²) in [6.07, 6.45) is 4.56. The van der Waals surface area contributed by atoms with Gasteiger partial charge in [-0.1, -0.05) is 0 Å². The quantitative estimate of drug-likeness (QED) is 0.462. The van der Waals surface area contributed by atoms with Crippen molar-refractivity contribution in [2.24, 2.45) is 5.92 Å². The second kappa shape index (κ2) is 4.79. The molecule has 0 unspecified atom stereocenters. The Hall–Kier alpha value is -0.840. The molecule has 0 bridgehead atoms. The average molecular weight is 227 g/mol. The third-order valence-corrected chi connectivity index (χ3v) is 2.83. The fourth-order valence-electron chi connectivity index (χ4n) is 1.32. The van der Waals surface area contributed by atoms with Crippen LogP contribution in [0.4, 0.5) is 0 Å². The van der Waals surface area contributed by atoms with Crippen molar-refractivity contribution >= 4 is 23.2 Å². The van der Waals surface area contributed by atoms with Crippen LogP contribution in [-0.4, -0.2) is 30.2 Å². The number of hydrogen-bond donors (Lipinski definition) is 3. The smallest absolute Gasteiger partial charge is 0.223 e. The van der Waals surface area contributed by atoms with Crippen LogP contribution >= 0.6 is 12.2 Å². The van der Waals surface area contributed by atoms with E-state index in [-0.39, 0.29) is 5.91 Å². The Morgan fingerprint density at radius 1 is 1.13 bits per heavy atom. The van der Waals surface area contributed by atoms with Gasteiger partial charge in [0.25, 0.3) is 0 Å². The number of rotatable bonds is 5. The van der Waals surface area contributed by atoms with E-state index in [1.807, 2.05) is 0 Å². The van der Waals surface area contributed by atoms with E-state index in [2.05, 4.69) is 16.0 Å². The number of carbonyl (C=O) groups is 1. The van der Waals surface area contributed by atoms with Gasteiger partial charge >= 0.3 is 0 Å². The molecule has 0 radical (unpaired) electrons. The van der Waals surface area contributed by atoms with E-state index in [1.165, 1.54) is 12.8 Å². The zero-order valence-corrected chi connectivity index (χ0v) is 9.53. The Labute approximate surface area is 95.2 Å². The molecule has 2 rings (SSSR count). The maximum atomic E-state index is 11.3. The van der Waals surface area contributed by atoms with Gasteiger partial charge in [0.05, 0.1) is 0 Å². The molecule has 0 heterocycles. The molecule has 4 nitrogen and oxygen atoms in total. The first-order valence-electron chi connectivity index (χ1n) is 5.58. The third kappa shape index (κ3) is 4.03. The summed E-state index contributed by atoms with van der Waals surface area (Å²) >= 11 is 5.08. The van der Waals surface area contributed by atoms with Gasteiger partial charge in [-0.05, 0) is 37.9 Å². The third-order valence-electron chi connectivity index (χ3n) is 2.57. The van der Waals surface area contributed by atoms with Gasteiger partial charge in [0.1, 0.15) is 0 Å². The van der Waals surface area contributed by atoms with E-state index in [1.54, 1.807) is 0 Å². The van der Waals surface area contributed by atoms with E-state index in [0.717, 1.165) is 12.8 Å². The number of hydrogen-bond acceptors (Lipinski definition) is 2. The molecule has 0 aromatic heterocycles. The van der Waals surface area contributed by atoms with Crippen molar-refractivity contribution in [2.45, 2.75) is 31.7 Å². The number of carbonyl (C=O) groups excluding carboxylic acids is 1. The number of nitrogens with one attached hydrogen (secondary N) is 3. The van der Waals surface area contributed by atoms with Crippen molar-refractivity contribution < 1.29 is 4.79 Å². The van der Waals surface area contributed by atoms with Gasteiger partial charge in [-0.25, -0.2) is 0 Å². The lowest BCUT2D eigenvalue weighted by Crippen LogP contribution is -2.41. The van der Waals surface area contributed by atoms with Gasteiger partial charge in [0.15, 0.2) is 5.11 Å². The summed E-state index contributed by atoms with van der Waals surface area (Å²) in [4.78, 5) is 11.3. The molecule has 84 valence electrons. The van der Waals surface area contributed by atoms with Crippen LogP contribution in [0.5, 0.6) is 0 Å². The lowest BCUT2D eigenvalue weighted by Gasteiger charge is -2.09. The Morgan fingerprint density at radius 3 is 2.40 bits per heavy atom. The Balaban J connectivity index is 1.46. The van der Waals surface area contributed by atoms with E-state index in [4.69, 9.17) is 12.2 Å². The normalized spacial score (nSPS) is 19.5. The van der Waals surface area contributed by atoms with Crippen molar-refractivity contribution in [1.82, 2.24) is 16.0 Å². The van der Waals surface area contributed by atoms with Gasteiger partial charge in [0.2, 0.25) is 5.91 Å². The zero-order chi connectivity index (χ0) is 10.7. The van der Waals surface area contributed by atoms with Crippen LogP contribution in [0.15, 0.2) is 0 Å². The standard InChI is InChI=1S/C10H17N3OS/c14-9(7-1-2-7)11-5-6-12-10(15)13-8-3-4-8/h7-8H,1-6H2,(H,11,14)(H2,12,13,15). The molecule has 15 heavy (non-hydrogen) atoms. The minimum atomic E-state index is 0.192. The molecule has 0 spiro atoms. The molecular formula is C10H17N3OS. The summed E-state index contributed by atoms with van der Waals surface area (Å²) < 4.78 is 0. The Morgan fingerprint density at radius 2 is 1.80 bits per heavy atom. The summed E-state index contributed by atoms with van der Waals surface area (Å²) in [5.41, 5.74) is 0. The maximum absolute atomic E-state index is 11.3. The average Bonchev–Trinajstić information content (AvgIpc) is 3.00. The van der Waals surface area contributed by atoms with Crippen LogP contribution in [0.3, 0.4) is 0 Å².